The molecule has 1 aromatic carbocycles. The highest BCUT2D eigenvalue weighted by molar-refractivity contribution is 7.09. The van der Waals surface area contributed by atoms with Crippen LogP contribution in [0.4, 0.5) is 0 Å². The molecular weight excluding hydrogens is 362 g/mol. The van der Waals surface area contributed by atoms with E-state index in [0.29, 0.717) is 24.5 Å². The van der Waals surface area contributed by atoms with Crippen LogP contribution in [-0.4, -0.2) is 37.5 Å². The highest BCUT2D eigenvalue weighted by Gasteiger charge is 2.19. The second-order valence-corrected chi connectivity index (χ2v) is 7.49. The topological polar surface area (TPSA) is 77.0 Å². The van der Waals surface area contributed by atoms with Gasteiger partial charge in [-0.1, -0.05) is 17.3 Å². The molecule has 0 atom stereocenters. The molecule has 0 spiro atoms. The van der Waals surface area contributed by atoms with Crippen molar-refractivity contribution in [2.45, 2.75) is 26.9 Å². The average molecular weight is 381 g/mol. The van der Waals surface area contributed by atoms with Crippen molar-refractivity contribution in [1.29, 1.82) is 0 Å². The Morgan fingerprint density at radius 3 is 2.85 bits per heavy atom. The van der Waals surface area contributed by atoms with Crippen LogP contribution in [0.2, 0.25) is 0 Å². The summed E-state index contributed by atoms with van der Waals surface area (Å²) in [4.78, 5) is 23.1. The lowest BCUT2D eigenvalue weighted by molar-refractivity contribution is 0.0773. The van der Waals surface area contributed by atoms with Gasteiger partial charge in [-0.25, -0.2) is 9.97 Å². The van der Waals surface area contributed by atoms with Gasteiger partial charge in [0.15, 0.2) is 11.5 Å². The predicted octanol–water partition coefficient (Wildman–Crippen LogP) is 3.42. The van der Waals surface area contributed by atoms with Crippen LogP contribution in [0.5, 0.6) is 0 Å². The Morgan fingerprint density at radius 2 is 2.07 bits per heavy atom. The largest absolute Gasteiger partial charge is 0.359 e. The van der Waals surface area contributed by atoms with Crippen molar-refractivity contribution in [3.05, 3.63) is 63.7 Å². The number of benzene rings is 1. The van der Waals surface area contributed by atoms with Gasteiger partial charge in [-0.15, -0.1) is 11.3 Å². The van der Waals surface area contributed by atoms with Gasteiger partial charge in [-0.05, 0) is 26.0 Å². The molecule has 0 N–H and O–H groups in total. The molecule has 0 aliphatic carbocycles. The van der Waals surface area contributed by atoms with Crippen LogP contribution < -0.4 is 0 Å². The average Bonchev–Trinajstić information content (AvgIpc) is 3.35. The summed E-state index contributed by atoms with van der Waals surface area (Å²) in [7, 11) is 1.74. The van der Waals surface area contributed by atoms with Crippen LogP contribution in [0, 0.1) is 13.8 Å². The van der Waals surface area contributed by atoms with E-state index in [1.54, 1.807) is 29.4 Å². The first-order valence-corrected chi connectivity index (χ1v) is 9.43. The van der Waals surface area contributed by atoms with Crippen molar-refractivity contribution >= 4 is 28.3 Å². The number of hydrogen-bond acceptors (Lipinski definition) is 6. The Balaban J connectivity index is 1.51. The zero-order valence-electron chi connectivity index (χ0n) is 15.3. The Hall–Kier alpha value is -3.00. The number of fused-ring (bicyclic) bond motifs is 1. The summed E-state index contributed by atoms with van der Waals surface area (Å²) < 4.78 is 7.46. The van der Waals surface area contributed by atoms with Gasteiger partial charge in [0, 0.05) is 18.5 Å². The Morgan fingerprint density at radius 1 is 1.26 bits per heavy atom. The molecule has 4 rings (SSSR count). The van der Waals surface area contributed by atoms with Gasteiger partial charge >= 0.3 is 0 Å². The molecule has 7 nitrogen and oxygen atoms in total. The first kappa shape index (κ1) is 17.4. The minimum absolute atomic E-state index is 0.192. The third-order valence-corrected chi connectivity index (χ3v) is 5.17. The van der Waals surface area contributed by atoms with E-state index < -0.39 is 0 Å². The maximum absolute atomic E-state index is 12.6. The van der Waals surface area contributed by atoms with Gasteiger partial charge in [0.25, 0.3) is 5.91 Å². The molecule has 138 valence electrons. The van der Waals surface area contributed by atoms with E-state index in [1.165, 1.54) is 0 Å². The molecule has 4 aromatic rings. The molecular formula is C19H19N5O2S. The fraction of sp³-hybridized carbons (Fsp3) is 0.263. The Kier molecular flexibility index (Phi) is 4.49. The number of thiazole rings is 1. The highest BCUT2D eigenvalue weighted by Crippen LogP contribution is 2.18. The van der Waals surface area contributed by atoms with Crippen LogP contribution in [0.1, 0.15) is 32.8 Å². The lowest BCUT2D eigenvalue weighted by atomic mass is 10.3. The number of amides is 1. The summed E-state index contributed by atoms with van der Waals surface area (Å²) in [6.07, 6.45) is 0. The molecule has 3 aromatic heterocycles. The Bertz CT molecular complexity index is 1110. The van der Waals surface area contributed by atoms with Crippen molar-refractivity contribution in [3.63, 3.8) is 0 Å². The van der Waals surface area contributed by atoms with Crippen molar-refractivity contribution in [2.24, 2.45) is 0 Å². The monoisotopic (exact) mass is 381 g/mol. The molecule has 0 aliphatic heterocycles. The normalized spacial score (nSPS) is 11.2. The third kappa shape index (κ3) is 3.48. The summed E-state index contributed by atoms with van der Waals surface area (Å²) in [5.74, 6) is 1.31. The highest BCUT2D eigenvalue weighted by atomic mass is 32.1. The number of carbonyl (C=O) groups excluding carboxylic acids is 1. The number of imidazole rings is 1. The molecule has 0 aliphatic rings. The van der Waals surface area contributed by atoms with Crippen molar-refractivity contribution in [2.75, 3.05) is 7.05 Å². The molecule has 0 radical (unpaired) electrons. The van der Waals surface area contributed by atoms with E-state index in [4.69, 9.17) is 4.52 Å². The molecule has 8 heteroatoms. The van der Waals surface area contributed by atoms with E-state index >= 15 is 0 Å². The van der Waals surface area contributed by atoms with Gasteiger partial charge in [0.05, 0.1) is 34.8 Å². The quantitative estimate of drug-likeness (QED) is 0.529. The first-order valence-electron chi connectivity index (χ1n) is 8.55. The number of aromatic nitrogens is 4. The van der Waals surface area contributed by atoms with Gasteiger partial charge in [0.1, 0.15) is 5.82 Å². The number of hydrogen-bond donors (Lipinski definition) is 0. The summed E-state index contributed by atoms with van der Waals surface area (Å²) in [5, 5.41) is 6.90. The van der Waals surface area contributed by atoms with Crippen molar-refractivity contribution in [3.8, 4) is 0 Å². The molecule has 27 heavy (non-hydrogen) atoms. The van der Waals surface area contributed by atoms with Crippen LogP contribution in [-0.2, 0) is 13.1 Å². The summed E-state index contributed by atoms with van der Waals surface area (Å²) in [6.45, 7) is 4.81. The number of nitrogens with zero attached hydrogens (tertiary/aromatic N) is 5. The van der Waals surface area contributed by atoms with Gasteiger partial charge in [0.2, 0.25) is 0 Å². The fourth-order valence-electron chi connectivity index (χ4n) is 3.03. The smallest absolute Gasteiger partial charge is 0.276 e. The number of rotatable bonds is 5. The second kappa shape index (κ2) is 6.96. The SMILES string of the molecule is Cc1nc(CN(C)C(=O)c2cc(Cn3c(C)nc4ccccc43)on2)cs1. The third-order valence-electron chi connectivity index (χ3n) is 4.35. The molecule has 0 bridgehead atoms. The Labute approximate surface area is 160 Å². The van der Waals surface area contributed by atoms with Gasteiger partial charge in [-0.2, -0.15) is 0 Å². The van der Waals surface area contributed by atoms with Crippen LogP contribution in [0.15, 0.2) is 40.2 Å². The van der Waals surface area contributed by atoms with Crippen molar-refractivity contribution < 1.29 is 9.32 Å². The molecule has 0 saturated heterocycles. The summed E-state index contributed by atoms with van der Waals surface area (Å²) >= 11 is 1.57. The maximum atomic E-state index is 12.6. The van der Waals surface area contributed by atoms with Crippen LogP contribution in [0.25, 0.3) is 11.0 Å². The van der Waals surface area contributed by atoms with E-state index in [2.05, 4.69) is 15.1 Å². The van der Waals surface area contributed by atoms with Crippen molar-refractivity contribution in [1.82, 2.24) is 24.6 Å². The summed E-state index contributed by atoms with van der Waals surface area (Å²) in [6, 6.07) is 9.62. The number of carbonyl (C=O) groups is 1. The van der Waals surface area contributed by atoms with Crippen LogP contribution in [0.3, 0.4) is 0 Å². The van der Waals surface area contributed by atoms with Crippen LogP contribution >= 0.6 is 11.3 Å². The van der Waals surface area contributed by atoms with E-state index in [0.717, 1.165) is 27.6 Å². The minimum Gasteiger partial charge on any atom is -0.359 e. The molecule has 0 fully saturated rings. The predicted molar refractivity (Wildman–Crippen MR) is 103 cm³/mol. The zero-order chi connectivity index (χ0) is 19.0. The van der Waals surface area contributed by atoms with E-state index in [9.17, 15) is 4.79 Å². The van der Waals surface area contributed by atoms with Gasteiger partial charge < -0.3 is 14.0 Å². The first-order chi connectivity index (χ1) is 13.0. The maximum Gasteiger partial charge on any atom is 0.276 e. The van der Waals surface area contributed by atoms with Gasteiger partial charge in [-0.3, -0.25) is 4.79 Å². The summed E-state index contributed by atoms with van der Waals surface area (Å²) in [5.41, 5.74) is 3.12. The van der Waals surface area contributed by atoms with E-state index in [-0.39, 0.29) is 5.91 Å². The number of para-hydroxylation sites is 2. The second-order valence-electron chi connectivity index (χ2n) is 6.43. The minimum atomic E-state index is -0.192. The fourth-order valence-corrected chi connectivity index (χ4v) is 3.63. The lowest BCUT2D eigenvalue weighted by Gasteiger charge is -2.13. The number of aryl methyl sites for hydroxylation is 2. The van der Waals surface area contributed by atoms with E-state index in [1.807, 2.05) is 48.1 Å². The molecule has 0 saturated carbocycles. The molecule has 1 amide bonds. The molecule has 3 heterocycles. The standard InChI is InChI=1S/C19H19N5O2S/c1-12-20-16-6-4-5-7-18(16)24(12)10-15-8-17(22-26-15)19(25)23(3)9-14-11-27-13(2)21-14/h4-8,11H,9-10H2,1-3H3. The lowest BCUT2D eigenvalue weighted by Crippen LogP contribution is -2.26. The molecule has 0 unspecified atom stereocenters. The zero-order valence-corrected chi connectivity index (χ0v) is 16.2.